The second-order valence-corrected chi connectivity index (χ2v) is 8.44. The summed E-state index contributed by atoms with van der Waals surface area (Å²) in [6, 6.07) is 8.09. The molecule has 3 rings (SSSR count). The molecule has 0 saturated carbocycles. The Bertz CT molecular complexity index is 993. The SMILES string of the molecule is C[C@H](NS(=O)(=O)c1cccc2c(Cl)cccc12)C(=O)O.NC(=O)N1CCNCC1. The van der Waals surface area contributed by atoms with Gasteiger partial charge in [0.1, 0.15) is 6.04 Å². The van der Waals surface area contributed by atoms with Crippen molar-refractivity contribution in [3.63, 3.8) is 0 Å². The van der Waals surface area contributed by atoms with Crippen LogP contribution in [0.4, 0.5) is 4.79 Å². The maximum absolute atomic E-state index is 12.3. The van der Waals surface area contributed by atoms with E-state index in [2.05, 4.69) is 10.0 Å². The fraction of sp³-hybridized carbons (Fsp3) is 0.333. The molecule has 0 unspecified atom stereocenters. The monoisotopic (exact) mass is 442 g/mol. The average molecular weight is 443 g/mol. The van der Waals surface area contributed by atoms with Gasteiger partial charge in [-0.15, -0.1) is 0 Å². The van der Waals surface area contributed by atoms with Gasteiger partial charge in [-0.3, -0.25) is 4.79 Å². The summed E-state index contributed by atoms with van der Waals surface area (Å²) in [4.78, 5) is 22.9. The highest BCUT2D eigenvalue weighted by molar-refractivity contribution is 7.89. The molecule has 0 spiro atoms. The third kappa shape index (κ3) is 6.04. The van der Waals surface area contributed by atoms with Gasteiger partial charge in [0.15, 0.2) is 0 Å². The van der Waals surface area contributed by atoms with E-state index in [1.807, 2.05) is 0 Å². The number of carboxylic acids is 1. The topological polar surface area (TPSA) is 142 Å². The van der Waals surface area contributed by atoms with E-state index in [9.17, 15) is 18.0 Å². The third-order valence-corrected chi connectivity index (χ3v) is 6.18. The minimum absolute atomic E-state index is 0.00519. The fourth-order valence-corrected chi connectivity index (χ4v) is 4.36. The molecule has 0 aliphatic carbocycles. The molecule has 2 aromatic rings. The van der Waals surface area contributed by atoms with E-state index in [0.29, 0.717) is 15.8 Å². The van der Waals surface area contributed by atoms with E-state index in [-0.39, 0.29) is 10.9 Å². The number of amides is 2. The average Bonchev–Trinajstić information content (AvgIpc) is 2.68. The highest BCUT2D eigenvalue weighted by Gasteiger charge is 2.23. The summed E-state index contributed by atoms with van der Waals surface area (Å²) in [6.07, 6.45) is 0. The Labute approximate surface area is 173 Å². The molecule has 1 aliphatic rings. The Morgan fingerprint density at radius 3 is 2.31 bits per heavy atom. The van der Waals surface area contributed by atoms with Crippen LogP contribution in [-0.2, 0) is 14.8 Å². The number of halogens is 1. The van der Waals surface area contributed by atoms with Crippen LogP contribution in [0.25, 0.3) is 10.8 Å². The van der Waals surface area contributed by atoms with E-state index >= 15 is 0 Å². The molecule has 0 aromatic heterocycles. The molecular weight excluding hydrogens is 420 g/mol. The van der Waals surface area contributed by atoms with Crippen LogP contribution in [0.2, 0.25) is 5.02 Å². The molecule has 1 aliphatic heterocycles. The van der Waals surface area contributed by atoms with Crippen LogP contribution in [0.5, 0.6) is 0 Å². The predicted octanol–water partition coefficient (Wildman–Crippen LogP) is 1.21. The number of fused-ring (bicyclic) bond motifs is 1. The summed E-state index contributed by atoms with van der Waals surface area (Å²) in [6.45, 7) is 4.48. The zero-order chi connectivity index (χ0) is 21.6. The number of aliphatic carboxylic acids is 1. The number of hydrogen-bond acceptors (Lipinski definition) is 5. The van der Waals surface area contributed by atoms with Crippen LogP contribution in [0, 0.1) is 0 Å². The van der Waals surface area contributed by atoms with Crippen LogP contribution < -0.4 is 15.8 Å². The highest BCUT2D eigenvalue weighted by Crippen LogP contribution is 2.28. The van der Waals surface area contributed by atoms with Crippen LogP contribution >= 0.6 is 11.6 Å². The second kappa shape index (κ2) is 9.88. The van der Waals surface area contributed by atoms with Gasteiger partial charge in [-0.1, -0.05) is 35.9 Å². The summed E-state index contributed by atoms with van der Waals surface area (Å²) in [5.74, 6) is -1.24. The Morgan fingerprint density at radius 2 is 1.76 bits per heavy atom. The molecule has 1 heterocycles. The molecule has 11 heteroatoms. The van der Waals surface area contributed by atoms with E-state index in [1.165, 1.54) is 13.0 Å². The molecule has 2 aromatic carbocycles. The van der Waals surface area contributed by atoms with Crippen molar-refractivity contribution < 1.29 is 23.1 Å². The summed E-state index contributed by atoms with van der Waals surface area (Å²) < 4.78 is 26.6. The van der Waals surface area contributed by atoms with Gasteiger partial charge in [-0.05, 0) is 19.1 Å². The van der Waals surface area contributed by atoms with Crippen LogP contribution in [0.15, 0.2) is 41.3 Å². The Hall–Kier alpha value is -2.40. The largest absolute Gasteiger partial charge is 0.480 e. The van der Waals surface area contributed by atoms with Crippen molar-refractivity contribution in [2.45, 2.75) is 17.9 Å². The lowest BCUT2D eigenvalue weighted by Gasteiger charge is -2.25. The lowest BCUT2D eigenvalue weighted by molar-refractivity contribution is -0.138. The number of benzene rings is 2. The highest BCUT2D eigenvalue weighted by atomic mass is 35.5. The molecule has 158 valence electrons. The number of carbonyl (C=O) groups excluding carboxylic acids is 1. The van der Waals surface area contributed by atoms with Crippen LogP contribution in [-0.4, -0.2) is 62.6 Å². The lowest BCUT2D eigenvalue weighted by Crippen LogP contribution is -2.48. The molecule has 1 fully saturated rings. The summed E-state index contributed by atoms with van der Waals surface area (Å²) in [7, 11) is -3.94. The number of rotatable bonds is 4. The minimum Gasteiger partial charge on any atom is -0.480 e. The molecule has 1 atom stereocenters. The fourth-order valence-electron chi connectivity index (χ4n) is 2.71. The smallest absolute Gasteiger partial charge is 0.321 e. The summed E-state index contributed by atoms with van der Waals surface area (Å²) in [5.41, 5.74) is 5.03. The molecule has 5 N–H and O–H groups in total. The first kappa shape index (κ1) is 22.9. The summed E-state index contributed by atoms with van der Waals surface area (Å²) >= 11 is 6.03. The number of sulfonamides is 1. The second-order valence-electron chi connectivity index (χ2n) is 6.35. The number of nitrogens with zero attached hydrogens (tertiary/aromatic N) is 1. The molecule has 1 saturated heterocycles. The number of carboxylic acid groups (broad SMARTS) is 1. The number of urea groups is 1. The first-order chi connectivity index (χ1) is 13.6. The number of nitrogens with one attached hydrogen (secondary N) is 2. The van der Waals surface area contributed by atoms with Crippen molar-refractivity contribution in [1.82, 2.24) is 14.9 Å². The predicted molar refractivity (Wildman–Crippen MR) is 110 cm³/mol. The zero-order valence-corrected chi connectivity index (χ0v) is 17.3. The molecule has 0 radical (unpaired) electrons. The van der Waals surface area contributed by atoms with Crippen molar-refractivity contribution in [3.8, 4) is 0 Å². The third-order valence-electron chi connectivity index (χ3n) is 4.25. The number of hydrogen-bond donors (Lipinski definition) is 4. The van der Waals surface area contributed by atoms with Crippen molar-refractivity contribution in [2.24, 2.45) is 5.73 Å². The van der Waals surface area contributed by atoms with Gasteiger partial charge in [0.05, 0.1) is 4.90 Å². The van der Waals surface area contributed by atoms with E-state index < -0.39 is 22.0 Å². The maximum Gasteiger partial charge on any atom is 0.321 e. The lowest BCUT2D eigenvalue weighted by atomic mass is 10.1. The van der Waals surface area contributed by atoms with Gasteiger partial charge in [-0.2, -0.15) is 4.72 Å². The number of carbonyl (C=O) groups is 2. The van der Waals surface area contributed by atoms with E-state index in [4.69, 9.17) is 22.4 Å². The van der Waals surface area contributed by atoms with Crippen LogP contribution in [0.3, 0.4) is 0 Å². The van der Waals surface area contributed by atoms with Crippen LogP contribution in [0.1, 0.15) is 6.92 Å². The maximum atomic E-state index is 12.3. The normalized spacial score (nSPS) is 15.3. The first-order valence-corrected chi connectivity index (χ1v) is 10.7. The van der Waals surface area contributed by atoms with Crippen molar-refractivity contribution in [3.05, 3.63) is 41.4 Å². The molecular formula is C18H23ClN4O5S. The van der Waals surface area contributed by atoms with Gasteiger partial charge >= 0.3 is 12.0 Å². The van der Waals surface area contributed by atoms with Gasteiger partial charge in [0.2, 0.25) is 10.0 Å². The Kier molecular flexibility index (Phi) is 7.80. The zero-order valence-electron chi connectivity index (χ0n) is 15.8. The van der Waals surface area contributed by atoms with Gasteiger partial charge in [0.25, 0.3) is 0 Å². The van der Waals surface area contributed by atoms with Crippen molar-refractivity contribution in [1.29, 1.82) is 0 Å². The Balaban J connectivity index is 0.000000278. The molecule has 9 nitrogen and oxygen atoms in total. The first-order valence-electron chi connectivity index (χ1n) is 8.81. The van der Waals surface area contributed by atoms with E-state index in [1.54, 1.807) is 35.2 Å². The standard InChI is InChI=1S/C13H12ClNO4S.C5H11N3O/c1-8(13(16)17)15-20(18,19)12-7-3-4-9-10(12)5-2-6-11(9)14;6-5(9)8-3-1-7-2-4-8/h2-8,15H,1H3,(H,16,17);7H,1-4H2,(H2,6,9)/t8-;/m0./s1. The van der Waals surface area contributed by atoms with E-state index in [0.717, 1.165) is 26.2 Å². The number of primary amides is 1. The van der Waals surface area contributed by atoms with Crippen molar-refractivity contribution >= 4 is 44.4 Å². The van der Waals surface area contributed by atoms with Gasteiger partial charge < -0.3 is 21.1 Å². The summed E-state index contributed by atoms with van der Waals surface area (Å²) in [5, 5.41) is 13.4. The molecule has 2 amide bonds. The molecule has 0 bridgehead atoms. The Morgan fingerprint density at radius 1 is 1.17 bits per heavy atom. The van der Waals surface area contributed by atoms with Gasteiger partial charge in [0, 0.05) is 42.0 Å². The van der Waals surface area contributed by atoms with Crippen molar-refractivity contribution in [2.75, 3.05) is 26.2 Å². The number of nitrogens with two attached hydrogens (primary N) is 1. The minimum atomic E-state index is -3.94. The molecule has 29 heavy (non-hydrogen) atoms. The quantitative estimate of drug-likeness (QED) is 0.560. The number of piperazine rings is 1. The van der Waals surface area contributed by atoms with Gasteiger partial charge in [-0.25, -0.2) is 13.2 Å².